The fourth-order valence-electron chi connectivity index (χ4n) is 3.04. The van der Waals surface area contributed by atoms with E-state index in [1.165, 1.54) is 18.6 Å². The topological polar surface area (TPSA) is 38.0 Å². The summed E-state index contributed by atoms with van der Waals surface area (Å²) in [4.78, 5) is 0. The van der Waals surface area contributed by atoms with Crippen molar-refractivity contribution in [2.45, 2.75) is 38.6 Å². The van der Waals surface area contributed by atoms with Gasteiger partial charge in [-0.2, -0.15) is 0 Å². The fourth-order valence-corrected chi connectivity index (χ4v) is 3.04. The van der Waals surface area contributed by atoms with Crippen LogP contribution in [0.15, 0.2) is 18.2 Å². The molecule has 100 valence electrons. The van der Waals surface area contributed by atoms with Crippen LogP contribution in [0.3, 0.4) is 0 Å². The largest absolute Gasteiger partial charge is 0.271 e. The summed E-state index contributed by atoms with van der Waals surface area (Å²) in [6.07, 6.45) is 4.48. The molecule has 3 atom stereocenters. The molecule has 1 aromatic carbocycles. The quantitative estimate of drug-likeness (QED) is 0.641. The summed E-state index contributed by atoms with van der Waals surface area (Å²) in [6.45, 7) is 2.21. The minimum absolute atomic E-state index is 0.169. The predicted octanol–water partition coefficient (Wildman–Crippen LogP) is 3.30. The second-order valence-corrected chi connectivity index (χ2v) is 5.38. The van der Waals surface area contributed by atoms with Gasteiger partial charge in [-0.1, -0.05) is 19.8 Å². The van der Waals surface area contributed by atoms with Gasteiger partial charge in [-0.3, -0.25) is 11.3 Å². The molecule has 2 nitrogen and oxygen atoms in total. The molecule has 3 unspecified atom stereocenters. The summed E-state index contributed by atoms with van der Waals surface area (Å²) in [7, 11) is 0. The Labute approximate surface area is 107 Å². The smallest absolute Gasteiger partial charge is 0.126 e. The normalized spacial score (nSPS) is 26.0. The van der Waals surface area contributed by atoms with Crippen molar-refractivity contribution < 1.29 is 8.78 Å². The molecule has 2 rings (SSSR count). The van der Waals surface area contributed by atoms with Gasteiger partial charge in [0.25, 0.3) is 0 Å². The number of hydrogen-bond donors (Lipinski definition) is 2. The molecule has 0 aliphatic heterocycles. The summed E-state index contributed by atoms with van der Waals surface area (Å²) >= 11 is 0. The highest BCUT2D eigenvalue weighted by atomic mass is 19.1. The van der Waals surface area contributed by atoms with Crippen molar-refractivity contribution in [3.8, 4) is 0 Å². The van der Waals surface area contributed by atoms with Crippen molar-refractivity contribution >= 4 is 0 Å². The molecule has 0 spiro atoms. The van der Waals surface area contributed by atoms with Gasteiger partial charge in [0.1, 0.15) is 11.6 Å². The van der Waals surface area contributed by atoms with E-state index in [4.69, 9.17) is 5.84 Å². The molecule has 0 bridgehead atoms. The molecule has 0 radical (unpaired) electrons. The van der Waals surface area contributed by atoms with Crippen LogP contribution < -0.4 is 11.3 Å². The minimum Gasteiger partial charge on any atom is -0.271 e. The Hall–Kier alpha value is -1.00. The number of halogens is 2. The molecule has 18 heavy (non-hydrogen) atoms. The molecule has 1 aliphatic carbocycles. The number of hydrogen-bond acceptors (Lipinski definition) is 2. The first-order valence-corrected chi connectivity index (χ1v) is 6.52. The molecule has 0 amide bonds. The third-order valence-corrected chi connectivity index (χ3v) is 3.87. The van der Waals surface area contributed by atoms with Crippen LogP contribution in [-0.4, -0.2) is 0 Å². The predicted molar refractivity (Wildman–Crippen MR) is 67.5 cm³/mol. The van der Waals surface area contributed by atoms with Crippen molar-refractivity contribution in [3.05, 3.63) is 35.4 Å². The Morgan fingerprint density at radius 1 is 1.22 bits per heavy atom. The van der Waals surface area contributed by atoms with Gasteiger partial charge >= 0.3 is 0 Å². The molecule has 1 fully saturated rings. The minimum atomic E-state index is -0.547. The van der Waals surface area contributed by atoms with Crippen LogP contribution >= 0.6 is 0 Å². The summed E-state index contributed by atoms with van der Waals surface area (Å²) < 4.78 is 26.5. The zero-order chi connectivity index (χ0) is 13.1. The Balaban J connectivity index is 2.21. The average molecular weight is 254 g/mol. The van der Waals surface area contributed by atoms with Gasteiger partial charge in [-0.05, 0) is 42.4 Å². The number of hydrazine groups is 1. The molecule has 4 heteroatoms. The summed E-state index contributed by atoms with van der Waals surface area (Å²) in [5.41, 5.74) is 3.34. The number of nitrogens with two attached hydrogens (primary N) is 1. The number of rotatable bonds is 3. The maximum absolute atomic E-state index is 13.3. The first-order chi connectivity index (χ1) is 8.60. The number of nitrogens with one attached hydrogen (secondary N) is 1. The summed E-state index contributed by atoms with van der Waals surface area (Å²) in [6, 6.07) is 3.46. The van der Waals surface area contributed by atoms with E-state index in [0.29, 0.717) is 17.4 Å². The molecule has 1 aromatic rings. The van der Waals surface area contributed by atoms with Crippen LogP contribution in [0.25, 0.3) is 0 Å². The van der Waals surface area contributed by atoms with Crippen LogP contribution in [0.2, 0.25) is 0 Å². The highest BCUT2D eigenvalue weighted by molar-refractivity contribution is 5.22. The molecular formula is C14H20F2N2. The van der Waals surface area contributed by atoms with Crippen LogP contribution in [-0.2, 0) is 0 Å². The highest BCUT2D eigenvalue weighted by Crippen LogP contribution is 2.37. The third kappa shape index (κ3) is 3.06. The van der Waals surface area contributed by atoms with Gasteiger partial charge in [-0.15, -0.1) is 0 Å². The Morgan fingerprint density at radius 3 is 2.44 bits per heavy atom. The maximum Gasteiger partial charge on any atom is 0.126 e. The summed E-state index contributed by atoms with van der Waals surface area (Å²) in [5, 5.41) is 0. The standard InChI is InChI=1S/C14H20F2N2/c1-9-3-2-4-10(5-9)14(18-17)11-6-12(15)8-13(16)7-11/h6-10,14,18H,2-5,17H2,1H3. The van der Waals surface area contributed by atoms with E-state index in [-0.39, 0.29) is 6.04 Å². The Bertz CT molecular complexity index is 389. The van der Waals surface area contributed by atoms with Gasteiger partial charge in [-0.25, -0.2) is 8.78 Å². The van der Waals surface area contributed by atoms with Crippen LogP contribution in [0.1, 0.15) is 44.2 Å². The molecule has 0 saturated heterocycles. The van der Waals surface area contributed by atoms with Gasteiger partial charge in [0.2, 0.25) is 0 Å². The summed E-state index contributed by atoms with van der Waals surface area (Å²) in [5.74, 6) is 5.49. The number of benzene rings is 1. The van der Waals surface area contributed by atoms with Crippen LogP contribution in [0, 0.1) is 23.5 Å². The van der Waals surface area contributed by atoms with E-state index < -0.39 is 11.6 Å². The Kier molecular flexibility index (Phi) is 4.30. The molecule has 1 saturated carbocycles. The van der Waals surface area contributed by atoms with E-state index in [1.807, 2.05) is 0 Å². The second-order valence-electron chi connectivity index (χ2n) is 5.38. The first-order valence-electron chi connectivity index (χ1n) is 6.52. The lowest BCUT2D eigenvalue weighted by atomic mass is 9.77. The van der Waals surface area contributed by atoms with Gasteiger partial charge < -0.3 is 0 Å². The monoisotopic (exact) mass is 254 g/mol. The lowest BCUT2D eigenvalue weighted by Gasteiger charge is -2.33. The average Bonchev–Trinajstić information content (AvgIpc) is 2.28. The van der Waals surface area contributed by atoms with E-state index in [2.05, 4.69) is 12.3 Å². The SMILES string of the molecule is CC1CCCC(C(NN)c2cc(F)cc(F)c2)C1. The van der Waals surface area contributed by atoms with Gasteiger partial charge in [0.15, 0.2) is 0 Å². The van der Waals surface area contributed by atoms with Crippen LogP contribution in [0.5, 0.6) is 0 Å². The van der Waals surface area contributed by atoms with Crippen molar-refractivity contribution in [3.63, 3.8) is 0 Å². The van der Waals surface area contributed by atoms with Crippen molar-refractivity contribution in [1.82, 2.24) is 5.43 Å². The zero-order valence-electron chi connectivity index (χ0n) is 10.6. The zero-order valence-corrected chi connectivity index (χ0v) is 10.6. The van der Waals surface area contributed by atoms with Crippen molar-refractivity contribution in [2.75, 3.05) is 0 Å². The van der Waals surface area contributed by atoms with E-state index in [1.54, 1.807) is 0 Å². The first kappa shape index (κ1) is 13.4. The lowest BCUT2D eigenvalue weighted by molar-refractivity contribution is 0.224. The molecular weight excluding hydrogens is 234 g/mol. The van der Waals surface area contributed by atoms with Gasteiger partial charge in [0, 0.05) is 12.1 Å². The fraction of sp³-hybridized carbons (Fsp3) is 0.571. The third-order valence-electron chi connectivity index (χ3n) is 3.87. The molecule has 0 aromatic heterocycles. The Morgan fingerprint density at radius 2 is 1.89 bits per heavy atom. The molecule has 0 heterocycles. The maximum atomic E-state index is 13.3. The molecule has 1 aliphatic rings. The van der Waals surface area contributed by atoms with E-state index >= 15 is 0 Å². The lowest BCUT2D eigenvalue weighted by Crippen LogP contribution is -2.35. The molecule has 3 N–H and O–H groups in total. The van der Waals surface area contributed by atoms with Crippen molar-refractivity contribution in [2.24, 2.45) is 17.7 Å². The second kappa shape index (κ2) is 5.76. The van der Waals surface area contributed by atoms with E-state index in [9.17, 15) is 8.78 Å². The highest BCUT2D eigenvalue weighted by Gasteiger charge is 2.27. The van der Waals surface area contributed by atoms with Gasteiger partial charge in [0.05, 0.1) is 0 Å². The van der Waals surface area contributed by atoms with Crippen molar-refractivity contribution in [1.29, 1.82) is 0 Å². The van der Waals surface area contributed by atoms with E-state index in [0.717, 1.165) is 25.3 Å². The van der Waals surface area contributed by atoms with Crippen LogP contribution in [0.4, 0.5) is 8.78 Å².